The number of aromatic nitrogens is 3. The van der Waals surface area contributed by atoms with Crippen molar-refractivity contribution in [2.75, 3.05) is 7.11 Å². The number of nitrogens with zero attached hydrogens (tertiary/aromatic N) is 3. The highest BCUT2D eigenvalue weighted by molar-refractivity contribution is 7.71. The standard InChI is InChI=1S/C19H20N4O2S/c1-3-18-21-22-19(26)23(18)20-12-15-9-10-16(17(11-15)24-2)25-13-14-7-5-4-6-8-14/h4-12H,3,13H2,1-2H3,(H,22,26)/b20-12+. The molecule has 0 aliphatic heterocycles. The summed E-state index contributed by atoms with van der Waals surface area (Å²) in [5.41, 5.74) is 1.97. The predicted molar refractivity (Wildman–Crippen MR) is 104 cm³/mol. The minimum atomic E-state index is 0.466. The Morgan fingerprint density at radius 3 is 2.73 bits per heavy atom. The van der Waals surface area contributed by atoms with Crippen LogP contribution in [0.2, 0.25) is 0 Å². The molecule has 0 amide bonds. The maximum atomic E-state index is 5.87. The number of hydrogen-bond donors (Lipinski definition) is 1. The quantitative estimate of drug-likeness (QED) is 0.506. The van der Waals surface area contributed by atoms with E-state index < -0.39 is 0 Å². The average molecular weight is 368 g/mol. The SMILES string of the molecule is CCc1n[nH]c(=S)n1/N=C/c1ccc(OCc2ccccc2)c(OC)c1. The zero-order valence-corrected chi connectivity index (χ0v) is 15.5. The summed E-state index contributed by atoms with van der Waals surface area (Å²) in [6, 6.07) is 15.7. The van der Waals surface area contributed by atoms with Crippen LogP contribution in [-0.2, 0) is 13.0 Å². The van der Waals surface area contributed by atoms with Gasteiger partial charge >= 0.3 is 0 Å². The van der Waals surface area contributed by atoms with E-state index in [0.717, 1.165) is 23.4 Å². The van der Waals surface area contributed by atoms with E-state index in [-0.39, 0.29) is 0 Å². The van der Waals surface area contributed by atoms with Gasteiger partial charge in [0.15, 0.2) is 17.3 Å². The first-order valence-electron chi connectivity index (χ1n) is 8.26. The van der Waals surface area contributed by atoms with Gasteiger partial charge in [-0.3, -0.25) is 5.10 Å². The third kappa shape index (κ3) is 4.18. The van der Waals surface area contributed by atoms with Crippen molar-refractivity contribution in [3.63, 3.8) is 0 Å². The van der Waals surface area contributed by atoms with Crippen LogP contribution in [0, 0.1) is 4.77 Å². The van der Waals surface area contributed by atoms with Crippen LogP contribution in [-0.4, -0.2) is 28.2 Å². The van der Waals surface area contributed by atoms with Crippen LogP contribution < -0.4 is 9.47 Å². The number of aromatic amines is 1. The average Bonchev–Trinajstić information content (AvgIpc) is 3.05. The van der Waals surface area contributed by atoms with E-state index in [2.05, 4.69) is 15.3 Å². The largest absolute Gasteiger partial charge is 0.493 e. The number of benzene rings is 2. The summed E-state index contributed by atoms with van der Waals surface area (Å²) in [4.78, 5) is 0. The Kier molecular flexibility index (Phi) is 5.80. The van der Waals surface area contributed by atoms with Crippen LogP contribution in [0.15, 0.2) is 53.6 Å². The molecule has 134 valence electrons. The number of nitrogens with one attached hydrogen (secondary N) is 1. The smallest absolute Gasteiger partial charge is 0.216 e. The first kappa shape index (κ1) is 17.9. The lowest BCUT2D eigenvalue weighted by atomic mass is 10.2. The molecule has 7 heteroatoms. The molecule has 0 bridgehead atoms. The van der Waals surface area contributed by atoms with Gasteiger partial charge in [0.25, 0.3) is 0 Å². The molecule has 0 spiro atoms. The maximum absolute atomic E-state index is 5.87. The number of ether oxygens (including phenoxy) is 2. The number of H-pyrrole nitrogens is 1. The molecule has 1 aromatic heterocycles. The Morgan fingerprint density at radius 2 is 2.00 bits per heavy atom. The van der Waals surface area contributed by atoms with Gasteiger partial charge in [-0.2, -0.15) is 14.9 Å². The molecule has 6 nitrogen and oxygen atoms in total. The summed E-state index contributed by atoms with van der Waals surface area (Å²) in [6.07, 6.45) is 2.45. The molecule has 0 unspecified atom stereocenters. The normalized spacial score (nSPS) is 11.0. The van der Waals surface area contributed by atoms with Crippen molar-refractivity contribution in [1.82, 2.24) is 14.9 Å². The molecule has 0 fully saturated rings. The third-order valence-electron chi connectivity index (χ3n) is 3.78. The molecule has 1 N–H and O–H groups in total. The topological polar surface area (TPSA) is 64.4 Å². The van der Waals surface area contributed by atoms with Crippen LogP contribution in [0.5, 0.6) is 11.5 Å². The Hall–Kier alpha value is -2.93. The Balaban J connectivity index is 1.77. The summed E-state index contributed by atoms with van der Waals surface area (Å²) in [5, 5.41) is 11.3. The van der Waals surface area contributed by atoms with Gasteiger partial charge in [0, 0.05) is 6.42 Å². The molecule has 0 radical (unpaired) electrons. The van der Waals surface area contributed by atoms with E-state index in [0.29, 0.717) is 22.9 Å². The van der Waals surface area contributed by atoms with Crippen LogP contribution in [0.4, 0.5) is 0 Å². The summed E-state index contributed by atoms with van der Waals surface area (Å²) in [7, 11) is 1.62. The Labute approximate surface area is 157 Å². The molecule has 0 aliphatic rings. The molecule has 3 aromatic rings. The third-order valence-corrected chi connectivity index (χ3v) is 4.05. The number of hydrogen-bond acceptors (Lipinski definition) is 5. The lowest BCUT2D eigenvalue weighted by Crippen LogP contribution is -1.99. The van der Waals surface area contributed by atoms with Crippen molar-refractivity contribution < 1.29 is 9.47 Å². The van der Waals surface area contributed by atoms with Crippen LogP contribution >= 0.6 is 12.2 Å². The van der Waals surface area contributed by atoms with Gasteiger partial charge in [-0.25, -0.2) is 0 Å². The molecule has 0 atom stereocenters. The Morgan fingerprint density at radius 1 is 1.19 bits per heavy atom. The van der Waals surface area contributed by atoms with Gasteiger partial charge in [0.05, 0.1) is 13.3 Å². The van der Waals surface area contributed by atoms with Crippen molar-refractivity contribution in [1.29, 1.82) is 0 Å². The summed E-state index contributed by atoms with van der Waals surface area (Å²) < 4.78 is 13.4. The molecule has 0 aliphatic carbocycles. The summed E-state index contributed by atoms with van der Waals surface area (Å²) >= 11 is 5.19. The van der Waals surface area contributed by atoms with Crippen molar-refractivity contribution in [3.8, 4) is 11.5 Å². The highest BCUT2D eigenvalue weighted by atomic mass is 32.1. The van der Waals surface area contributed by atoms with Crippen LogP contribution in [0.1, 0.15) is 23.9 Å². The lowest BCUT2D eigenvalue weighted by Gasteiger charge is -2.11. The van der Waals surface area contributed by atoms with Crippen LogP contribution in [0.25, 0.3) is 0 Å². The first-order valence-corrected chi connectivity index (χ1v) is 8.67. The van der Waals surface area contributed by atoms with E-state index in [1.54, 1.807) is 18.0 Å². The Bertz CT molecular complexity index is 948. The molecule has 1 heterocycles. The maximum Gasteiger partial charge on any atom is 0.216 e. The number of aryl methyl sites for hydroxylation is 1. The minimum Gasteiger partial charge on any atom is -0.493 e. The second-order valence-corrected chi connectivity index (χ2v) is 5.93. The van der Waals surface area contributed by atoms with Crippen molar-refractivity contribution in [3.05, 3.63) is 70.3 Å². The summed E-state index contributed by atoms with van der Waals surface area (Å²) in [5.74, 6) is 2.11. The monoisotopic (exact) mass is 368 g/mol. The zero-order valence-electron chi connectivity index (χ0n) is 14.7. The molecular formula is C19H20N4O2S. The van der Waals surface area contributed by atoms with Gasteiger partial charge < -0.3 is 9.47 Å². The van der Waals surface area contributed by atoms with E-state index in [4.69, 9.17) is 21.7 Å². The number of methoxy groups -OCH3 is 1. The van der Waals surface area contributed by atoms with Gasteiger partial charge in [-0.05, 0) is 41.5 Å². The fourth-order valence-electron chi connectivity index (χ4n) is 2.42. The lowest BCUT2D eigenvalue weighted by molar-refractivity contribution is 0.284. The van der Waals surface area contributed by atoms with E-state index in [9.17, 15) is 0 Å². The first-order chi connectivity index (χ1) is 12.7. The van der Waals surface area contributed by atoms with Gasteiger partial charge in [0.2, 0.25) is 4.77 Å². The predicted octanol–water partition coefficient (Wildman–Crippen LogP) is 3.97. The summed E-state index contributed by atoms with van der Waals surface area (Å²) in [6.45, 7) is 2.48. The highest BCUT2D eigenvalue weighted by Gasteiger charge is 2.06. The molecule has 2 aromatic carbocycles. The van der Waals surface area contributed by atoms with E-state index in [1.807, 2.05) is 55.5 Å². The highest BCUT2D eigenvalue weighted by Crippen LogP contribution is 2.28. The second-order valence-electron chi connectivity index (χ2n) is 5.54. The molecule has 26 heavy (non-hydrogen) atoms. The van der Waals surface area contributed by atoms with Crippen molar-refractivity contribution in [2.45, 2.75) is 20.0 Å². The van der Waals surface area contributed by atoms with Gasteiger partial charge in [-0.15, -0.1) is 0 Å². The van der Waals surface area contributed by atoms with Gasteiger partial charge in [0.1, 0.15) is 6.61 Å². The van der Waals surface area contributed by atoms with E-state index >= 15 is 0 Å². The second kappa shape index (κ2) is 8.44. The minimum absolute atomic E-state index is 0.466. The van der Waals surface area contributed by atoms with E-state index in [1.165, 1.54) is 0 Å². The zero-order chi connectivity index (χ0) is 18.4. The fraction of sp³-hybridized carbons (Fsp3) is 0.211. The van der Waals surface area contributed by atoms with Crippen molar-refractivity contribution in [2.24, 2.45) is 5.10 Å². The van der Waals surface area contributed by atoms with Gasteiger partial charge in [-0.1, -0.05) is 37.3 Å². The fourth-order valence-corrected chi connectivity index (χ4v) is 2.61. The molecule has 0 saturated carbocycles. The molecule has 0 saturated heterocycles. The molecular weight excluding hydrogens is 348 g/mol. The molecule has 3 rings (SSSR count). The number of rotatable bonds is 7. The van der Waals surface area contributed by atoms with Crippen molar-refractivity contribution >= 4 is 18.4 Å². The van der Waals surface area contributed by atoms with Crippen LogP contribution in [0.3, 0.4) is 0 Å².